The lowest BCUT2D eigenvalue weighted by Gasteiger charge is -2.42. The number of nitrogens with two attached hydrogens (primary N) is 1. The Hall–Kier alpha value is 0.200. The Morgan fingerprint density at radius 1 is 1.59 bits per heavy atom. The number of thiophene rings is 1. The number of likely N-dealkylation sites (tertiary alicyclic amines) is 1. The molecule has 0 amide bonds. The Labute approximate surface area is 119 Å². The summed E-state index contributed by atoms with van der Waals surface area (Å²) < 4.78 is 0. The second kappa shape index (κ2) is 5.89. The van der Waals surface area contributed by atoms with Crippen LogP contribution in [0.5, 0.6) is 0 Å². The Bertz CT molecular complexity index is 365. The zero-order valence-corrected chi connectivity index (χ0v) is 12.7. The van der Waals surface area contributed by atoms with Gasteiger partial charge in [-0.2, -0.15) is 0 Å². The van der Waals surface area contributed by atoms with Crippen LogP contribution in [0.15, 0.2) is 11.4 Å². The van der Waals surface area contributed by atoms with E-state index in [0.717, 1.165) is 31.1 Å². The first-order chi connectivity index (χ1) is 7.47. The molecule has 0 aliphatic carbocycles. The summed E-state index contributed by atoms with van der Waals surface area (Å²) in [4.78, 5) is 3.82. The van der Waals surface area contributed by atoms with E-state index < -0.39 is 0 Å². The van der Waals surface area contributed by atoms with Gasteiger partial charge in [0.25, 0.3) is 0 Å². The van der Waals surface area contributed by atoms with Crippen molar-refractivity contribution in [2.75, 3.05) is 13.1 Å². The fraction of sp³-hybridized carbons (Fsp3) is 0.667. The number of halogens is 2. The molecule has 1 aliphatic heterocycles. The van der Waals surface area contributed by atoms with Crippen LogP contribution in [0.4, 0.5) is 0 Å². The SMILES string of the molecule is CC1(C)CN(Cc2cc(Cl)cs2)CCC1N.Cl. The van der Waals surface area contributed by atoms with Crippen molar-refractivity contribution in [2.24, 2.45) is 11.1 Å². The molecule has 0 radical (unpaired) electrons. The second-order valence-corrected chi connectivity index (χ2v) is 6.76. The van der Waals surface area contributed by atoms with E-state index >= 15 is 0 Å². The molecule has 0 bridgehead atoms. The Morgan fingerprint density at radius 2 is 2.29 bits per heavy atom. The molecule has 0 saturated carbocycles. The van der Waals surface area contributed by atoms with Crippen molar-refractivity contribution in [3.8, 4) is 0 Å². The van der Waals surface area contributed by atoms with Crippen LogP contribution in [0.3, 0.4) is 0 Å². The lowest BCUT2D eigenvalue weighted by atomic mass is 9.80. The van der Waals surface area contributed by atoms with E-state index in [1.807, 2.05) is 5.38 Å². The number of rotatable bonds is 2. The van der Waals surface area contributed by atoms with E-state index in [4.69, 9.17) is 17.3 Å². The van der Waals surface area contributed by atoms with Crippen LogP contribution in [-0.2, 0) is 6.54 Å². The van der Waals surface area contributed by atoms with Gasteiger partial charge < -0.3 is 5.73 Å². The van der Waals surface area contributed by atoms with Gasteiger partial charge in [-0.1, -0.05) is 25.4 Å². The van der Waals surface area contributed by atoms with E-state index in [2.05, 4.69) is 24.8 Å². The van der Waals surface area contributed by atoms with E-state index in [0.29, 0.717) is 6.04 Å². The third kappa shape index (κ3) is 3.83. The van der Waals surface area contributed by atoms with Gasteiger partial charge in [-0.15, -0.1) is 23.7 Å². The molecular formula is C12H20Cl2N2S. The van der Waals surface area contributed by atoms with Gasteiger partial charge in [-0.25, -0.2) is 0 Å². The van der Waals surface area contributed by atoms with E-state index in [-0.39, 0.29) is 17.8 Å². The molecule has 2 nitrogen and oxygen atoms in total. The molecule has 1 aliphatic rings. The highest BCUT2D eigenvalue weighted by Gasteiger charge is 2.33. The lowest BCUT2D eigenvalue weighted by Crippen LogP contribution is -2.51. The van der Waals surface area contributed by atoms with Gasteiger partial charge in [-0.3, -0.25) is 4.90 Å². The maximum absolute atomic E-state index is 6.13. The predicted octanol–water partition coefficient (Wildman–Crippen LogP) is 3.38. The van der Waals surface area contributed by atoms with Crippen molar-refractivity contribution in [1.82, 2.24) is 4.90 Å². The first kappa shape index (κ1) is 15.3. The minimum absolute atomic E-state index is 0. The van der Waals surface area contributed by atoms with Crippen molar-refractivity contribution in [3.05, 3.63) is 21.3 Å². The topological polar surface area (TPSA) is 29.3 Å². The van der Waals surface area contributed by atoms with Gasteiger partial charge in [-0.05, 0) is 17.9 Å². The summed E-state index contributed by atoms with van der Waals surface area (Å²) in [5.41, 5.74) is 6.35. The van der Waals surface area contributed by atoms with Crippen LogP contribution in [0, 0.1) is 5.41 Å². The maximum Gasteiger partial charge on any atom is 0.0516 e. The Kier molecular flexibility index (Phi) is 5.29. The lowest BCUT2D eigenvalue weighted by molar-refractivity contribution is 0.0907. The number of nitrogens with zero attached hydrogens (tertiary/aromatic N) is 1. The fourth-order valence-electron chi connectivity index (χ4n) is 2.28. The molecule has 98 valence electrons. The first-order valence-corrected chi connectivity index (χ1v) is 6.94. The second-order valence-electron chi connectivity index (χ2n) is 5.33. The molecule has 1 fully saturated rings. The van der Waals surface area contributed by atoms with Crippen LogP contribution in [0.25, 0.3) is 0 Å². The molecule has 1 atom stereocenters. The highest BCUT2D eigenvalue weighted by molar-refractivity contribution is 7.10. The smallest absolute Gasteiger partial charge is 0.0516 e. The average molecular weight is 295 g/mol. The summed E-state index contributed by atoms with van der Waals surface area (Å²) in [6.07, 6.45) is 1.09. The highest BCUT2D eigenvalue weighted by Crippen LogP contribution is 2.29. The molecule has 5 heteroatoms. The van der Waals surface area contributed by atoms with Crippen LogP contribution < -0.4 is 5.73 Å². The van der Waals surface area contributed by atoms with Crippen molar-refractivity contribution >= 4 is 35.3 Å². The largest absolute Gasteiger partial charge is 0.327 e. The minimum atomic E-state index is 0. The first-order valence-electron chi connectivity index (χ1n) is 5.68. The average Bonchev–Trinajstić information content (AvgIpc) is 2.57. The van der Waals surface area contributed by atoms with Gasteiger partial charge >= 0.3 is 0 Å². The number of hydrogen-bond acceptors (Lipinski definition) is 3. The van der Waals surface area contributed by atoms with Gasteiger partial charge in [0.1, 0.15) is 0 Å². The number of hydrogen-bond donors (Lipinski definition) is 1. The normalized spacial score (nSPS) is 24.4. The molecule has 1 saturated heterocycles. The molecule has 0 aromatic carbocycles. The minimum Gasteiger partial charge on any atom is -0.327 e. The molecule has 1 aromatic heterocycles. The quantitative estimate of drug-likeness (QED) is 0.906. The Balaban J connectivity index is 0.00000144. The summed E-state index contributed by atoms with van der Waals surface area (Å²) >= 11 is 7.67. The van der Waals surface area contributed by atoms with Gasteiger partial charge in [0.05, 0.1) is 5.02 Å². The molecule has 0 spiro atoms. The molecule has 1 aromatic rings. The molecule has 2 rings (SSSR count). The zero-order chi connectivity index (χ0) is 11.8. The van der Waals surface area contributed by atoms with E-state index in [1.54, 1.807) is 11.3 Å². The zero-order valence-electron chi connectivity index (χ0n) is 10.3. The van der Waals surface area contributed by atoms with Crippen LogP contribution in [-0.4, -0.2) is 24.0 Å². The maximum atomic E-state index is 6.13. The molecular weight excluding hydrogens is 275 g/mol. The van der Waals surface area contributed by atoms with E-state index in [1.165, 1.54) is 4.88 Å². The number of piperidine rings is 1. The van der Waals surface area contributed by atoms with Crippen molar-refractivity contribution in [1.29, 1.82) is 0 Å². The Morgan fingerprint density at radius 3 is 2.82 bits per heavy atom. The third-order valence-corrected chi connectivity index (χ3v) is 4.66. The fourth-order valence-corrected chi connectivity index (χ4v) is 3.39. The summed E-state index contributed by atoms with van der Waals surface area (Å²) in [5, 5.41) is 2.85. The van der Waals surface area contributed by atoms with Crippen molar-refractivity contribution < 1.29 is 0 Å². The van der Waals surface area contributed by atoms with Crippen LogP contribution >= 0.6 is 35.3 Å². The van der Waals surface area contributed by atoms with E-state index in [9.17, 15) is 0 Å². The van der Waals surface area contributed by atoms with Gasteiger partial charge in [0.2, 0.25) is 0 Å². The third-order valence-electron chi connectivity index (χ3n) is 3.39. The summed E-state index contributed by atoms with van der Waals surface area (Å²) in [6.45, 7) is 7.69. The van der Waals surface area contributed by atoms with Crippen molar-refractivity contribution in [3.63, 3.8) is 0 Å². The van der Waals surface area contributed by atoms with Gasteiger partial charge in [0, 0.05) is 35.9 Å². The predicted molar refractivity (Wildman–Crippen MR) is 78.2 cm³/mol. The molecule has 2 heterocycles. The molecule has 17 heavy (non-hydrogen) atoms. The highest BCUT2D eigenvalue weighted by atomic mass is 35.5. The van der Waals surface area contributed by atoms with Crippen LogP contribution in [0.2, 0.25) is 5.02 Å². The van der Waals surface area contributed by atoms with Crippen molar-refractivity contribution in [2.45, 2.75) is 32.9 Å². The monoisotopic (exact) mass is 294 g/mol. The molecule has 1 unspecified atom stereocenters. The van der Waals surface area contributed by atoms with Crippen LogP contribution in [0.1, 0.15) is 25.1 Å². The summed E-state index contributed by atoms with van der Waals surface area (Å²) in [5.74, 6) is 0. The standard InChI is InChI=1S/C12H19ClN2S.ClH/c1-12(2)8-15(4-3-11(12)14)6-10-5-9(13)7-16-10;/h5,7,11H,3-4,6,8,14H2,1-2H3;1H. The summed E-state index contributed by atoms with van der Waals surface area (Å²) in [6, 6.07) is 2.39. The summed E-state index contributed by atoms with van der Waals surface area (Å²) in [7, 11) is 0. The van der Waals surface area contributed by atoms with Gasteiger partial charge in [0.15, 0.2) is 0 Å². The molecule has 2 N–H and O–H groups in total.